The lowest BCUT2D eigenvalue weighted by Crippen LogP contribution is -2.34. The van der Waals surface area contributed by atoms with Crippen molar-refractivity contribution in [2.24, 2.45) is 0 Å². The minimum Gasteiger partial charge on any atom is -0.388 e. The van der Waals surface area contributed by atoms with Gasteiger partial charge < -0.3 is 9.84 Å². The van der Waals surface area contributed by atoms with Gasteiger partial charge in [-0.25, -0.2) is 4.18 Å². The smallest absolute Gasteiger partial charge is 0.388 e. The SMILES string of the molecule is CCCCCCCCCCCCCCCCOC(CCCCCCCCCCCCCCC)C(O)COS(=O)(=O)O. The second-order valence-electron chi connectivity index (χ2n) is 12.3. The van der Waals surface area contributed by atoms with Gasteiger partial charge >= 0.3 is 10.4 Å². The highest BCUT2D eigenvalue weighted by molar-refractivity contribution is 7.80. The summed E-state index contributed by atoms with van der Waals surface area (Å²) in [5.41, 5.74) is 0. The van der Waals surface area contributed by atoms with Crippen LogP contribution in [0.5, 0.6) is 0 Å². The summed E-state index contributed by atoms with van der Waals surface area (Å²) in [4.78, 5) is 0. The predicted octanol–water partition coefficient (Wildman–Crippen LogP) is 10.5. The van der Waals surface area contributed by atoms with E-state index in [1.54, 1.807) is 0 Å². The highest BCUT2D eigenvalue weighted by atomic mass is 32.3. The first-order chi connectivity index (χ1) is 19.9. The third kappa shape index (κ3) is 32.5. The van der Waals surface area contributed by atoms with Crippen LogP contribution >= 0.6 is 0 Å². The molecule has 0 aromatic heterocycles. The van der Waals surface area contributed by atoms with Crippen molar-refractivity contribution in [2.45, 2.75) is 206 Å². The van der Waals surface area contributed by atoms with E-state index in [4.69, 9.17) is 9.29 Å². The molecule has 0 rings (SSSR count). The molecule has 0 aliphatic rings. The van der Waals surface area contributed by atoms with Crippen LogP contribution in [0.25, 0.3) is 0 Å². The van der Waals surface area contributed by atoms with Crippen LogP contribution < -0.4 is 0 Å². The van der Waals surface area contributed by atoms with Gasteiger partial charge in [0, 0.05) is 6.61 Å². The van der Waals surface area contributed by atoms with Gasteiger partial charge in [0.15, 0.2) is 0 Å². The summed E-state index contributed by atoms with van der Waals surface area (Å²) in [6.45, 7) is 4.61. The highest BCUT2D eigenvalue weighted by Crippen LogP contribution is 2.17. The van der Waals surface area contributed by atoms with Gasteiger partial charge in [-0.15, -0.1) is 0 Å². The first-order valence-corrected chi connectivity index (χ1v) is 19.2. The molecule has 2 N–H and O–H groups in total. The fraction of sp³-hybridized carbons (Fsp3) is 1.00. The maximum absolute atomic E-state index is 10.9. The summed E-state index contributed by atoms with van der Waals surface area (Å²) < 4.78 is 41.1. The minimum absolute atomic E-state index is 0.466. The molecular formula is C34H70O6S. The summed E-state index contributed by atoms with van der Waals surface area (Å²) >= 11 is 0. The van der Waals surface area contributed by atoms with Crippen LogP contribution in [0, 0.1) is 0 Å². The van der Waals surface area contributed by atoms with Crippen LogP contribution in [0.15, 0.2) is 0 Å². The van der Waals surface area contributed by atoms with Gasteiger partial charge in [-0.3, -0.25) is 4.55 Å². The third-order valence-electron chi connectivity index (χ3n) is 8.24. The fourth-order valence-electron chi connectivity index (χ4n) is 5.54. The Morgan fingerprint density at radius 3 is 1.17 bits per heavy atom. The van der Waals surface area contributed by atoms with Crippen LogP contribution in [0.3, 0.4) is 0 Å². The molecule has 0 saturated heterocycles. The fourth-order valence-corrected chi connectivity index (χ4v) is 5.86. The van der Waals surface area contributed by atoms with Crippen molar-refractivity contribution in [1.82, 2.24) is 0 Å². The average Bonchev–Trinajstić information content (AvgIpc) is 2.94. The van der Waals surface area contributed by atoms with E-state index in [0.29, 0.717) is 13.0 Å². The number of hydrogen-bond acceptors (Lipinski definition) is 5. The number of aliphatic hydroxyl groups is 1. The van der Waals surface area contributed by atoms with Crippen LogP contribution in [0.1, 0.15) is 194 Å². The highest BCUT2D eigenvalue weighted by Gasteiger charge is 2.22. The summed E-state index contributed by atoms with van der Waals surface area (Å²) in [6.07, 6.45) is 34.0. The average molecular weight is 607 g/mol. The maximum Gasteiger partial charge on any atom is 0.397 e. The van der Waals surface area contributed by atoms with Crippen molar-refractivity contribution in [3.63, 3.8) is 0 Å². The van der Waals surface area contributed by atoms with Crippen LogP contribution in [-0.4, -0.2) is 43.5 Å². The zero-order valence-corrected chi connectivity index (χ0v) is 28.1. The van der Waals surface area contributed by atoms with Crippen molar-refractivity contribution in [3.05, 3.63) is 0 Å². The van der Waals surface area contributed by atoms with Crippen molar-refractivity contribution >= 4 is 10.4 Å². The molecule has 41 heavy (non-hydrogen) atoms. The number of unbranched alkanes of at least 4 members (excludes halogenated alkanes) is 25. The van der Waals surface area contributed by atoms with Crippen LogP contribution in [0.4, 0.5) is 0 Å². The summed E-state index contributed by atoms with van der Waals surface area (Å²) in [5.74, 6) is 0. The molecule has 0 amide bonds. The normalized spacial score (nSPS) is 13.6. The van der Waals surface area contributed by atoms with Crippen LogP contribution in [0.2, 0.25) is 0 Å². The summed E-state index contributed by atoms with van der Waals surface area (Å²) in [6, 6.07) is 0. The molecule has 0 aromatic rings. The van der Waals surface area contributed by atoms with E-state index in [-0.39, 0.29) is 0 Å². The van der Waals surface area contributed by atoms with E-state index in [2.05, 4.69) is 18.0 Å². The number of hydrogen-bond donors (Lipinski definition) is 2. The lowest BCUT2D eigenvalue weighted by atomic mass is 10.0. The van der Waals surface area contributed by atoms with Crippen molar-refractivity contribution in [2.75, 3.05) is 13.2 Å². The Morgan fingerprint density at radius 2 is 0.829 bits per heavy atom. The molecule has 7 heteroatoms. The Labute approximate surface area is 256 Å². The first-order valence-electron chi connectivity index (χ1n) is 17.8. The third-order valence-corrected chi connectivity index (χ3v) is 8.67. The molecule has 2 unspecified atom stereocenters. The van der Waals surface area contributed by atoms with Gasteiger partial charge in [0.1, 0.15) is 6.10 Å². The Kier molecular flexibility index (Phi) is 31.1. The van der Waals surface area contributed by atoms with Crippen molar-refractivity contribution in [1.29, 1.82) is 0 Å². The molecule has 0 bridgehead atoms. The Morgan fingerprint density at radius 1 is 0.512 bits per heavy atom. The lowest BCUT2D eigenvalue weighted by Gasteiger charge is -2.23. The molecule has 0 radical (unpaired) electrons. The molecule has 0 spiro atoms. The van der Waals surface area contributed by atoms with E-state index < -0.39 is 29.2 Å². The second-order valence-corrected chi connectivity index (χ2v) is 13.4. The molecule has 248 valence electrons. The maximum atomic E-state index is 10.9. The molecule has 0 aliphatic heterocycles. The second kappa shape index (κ2) is 31.2. The lowest BCUT2D eigenvalue weighted by molar-refractivity contribution is -0.0594. The molecule has 6 nitrogen and oxygen atoms in total. The quantitative estimate of drug-likeness (QED) is 0.0559. The van der Waals surface area contributed by atoms with Gasteiger partial charge in [0.25, 0.3) is 0 Å². The summed E-state index contributed by atoms with van der Waals surface area (Å²) in [5, 5.41) is 10.5. The topological polar surface area (TPSA) is 93.1 Å². The largest absolute Gasteiger partial charge is 0.397 e. The first kappa shape index (κ1) is 40.8. The van der Waals surface area contributed by atoms with Crippen molar-refractivity contribution in [3.8, 4) is 0 Å². The van der Waals surface area contributed by atoms with Gasteiger partial charge in [0.05, 0.1) is 12.7 Å². The standard InChI is InChI=1S/C34H70O6S/c1-3-5-7-9-11-13-15-17-19-21-23-25-27-29-31-39-34(33(35)32-40-41(36,37)38)30-28-26-24-22-20-18-16-14-12-10-8-6-4-2/h33-35H,3-32H2,1-2H3,(H,36,37,38). The molecule has 0 heterocycles. The van der Waals surface area contributed by atoms with Crippen LogP contribution in [-0.2, 0) is 19.3 Å². The number of rotatable bonds is 34. The molecule has 0 fully saturated rings. The summed E-state index contributed by atoms with van der Waals surface area (Å²) in [7, 11) is -4.57. The van der Waals surface area contributed by atoms with Gasteiger partial charge in [0.2, 0.25) is 0 Å². The Hall–Kier alpha value is -0.210. The molecular weight excluding hydrogens is 536 g/mol. The van der Waals surface area contributed by atoms with E-state index in [9.17, 15) is 13.5 Å². The Bertz CT molecular complexity index is 612. The van der Waals surface area contributed by atoms with Crippen molar-refractivity contribution < 1.29 is 27.0 Å². The Balaban J connectivity index is 3.89. The zero-order chi connectivity index (χ0) is 30.3. The zero-order valence-electron chi connectivity index (χ0n) is 27.3. The monoisotopic (exact) mass is 606 g/mol. The van der Waals surface area contributed by atoms with Gasteiger partial charge in [-0.2, -0.15) is 8.42 Å². The molecule has 0 saturated carbocycles. The van der Waals surface area contributed by atoms with E-state index in [0.717, 1.165) is 25.7 Å². The molecule has 0 aromatic carbocycles. The number of ether oxygens (including phenoxy) is 1. The predicted molar refractivity (Wildman–Crippen MR) is 174 cm³/mol. The van der Waals surface area contributed by atoms with Gasteiger partial charge in [-0.1, -0.05) is 181 Å². The van der Waals surface area contributed by atoms with E-state index in [1.807, 2.05) is 0 Å². The minimum atomic E-state index is -4.57. The van der Waals surface area contributed by atoms with Gasteiger partial charge in [-0.05, 0) is 12.8 Å². The number of aliphatic hydroxyl groups excluding tert-OH is 1. The van der Waals surface area contributed by atoms with E-state index in [1.165, 1.54) is 148 Å². The van der Waals surface area contributed by atoms with E-state index >= 15 is 0 Å². The molecule has 2 atom stereocenters. The molecule has 0 aliphatic carbocycles.